The minimum absolute atomic E-state index is 0.160. The quantitative estimate of drug-likeness (QED) is 0.748. The molecule has 1 aromatic carbocycles. The molecule has 0 bridgehead atoms. The summed E-state index contributed by atoms with van der Waals surface area (Å²) in [5, 5.41) is 4.53. The van der Waals surface area contributed by atoms with Crippen LogP contribution in [-0.4, -0.2) is 21.7 Å². The molecular weight excluding hydrogens is 192 g/mol. The smallest absolute Gasteiger partial charge is 0.0933 e. The Bertz CT molecular complexity index is 406. The summed E-state index contributed by atoms with van der Waals surface area (Å²) >= 11 is -0.160. The van der Waals surface area contributed by atoms with Gasteiger partial charge in [0.25, 0.3) is 0 Å². The van der Waals surface area contributed by atoms with Crippen LogP contribution in [0, 0.1) is 0 Å². The van der Waals surface area contributed by atoms with E-state index < -0.39 is 0 Å². The highest BCUT2D eigenvalue weighted by atomic mass is 32.2. The average Bonchev–Trinajstić information content (AvgIpc) is 2.68. The summed E-state index contributed by atoms with van der Waals surface area (Å²) in [6.07, 6.45) is 6.43. The molecule has 2 nitrogen and oxygen atoms in total. The lowest BCUT2D eigenvalue weighted by Gasteiger charge is -2.08. The van der Waals surface area contributed by atoms with Gasteiger partial charge in [-0.15, -0.1) is 0 Å². The van der Waals surface area contributed by atoms with Crippen molar-refractivity contribution in [2.24, 2.45) is 0 Å². The normalized spacial score (nSPS) is 11.4. The van der Waals surface area contributed by atoms with Crippen LogP contribution in [0.1, 0.15) is 0 Å². The van der Waals surface area contributed by atoms with Gasteiger partial charge in [0.05, 0.1) is 5.69 Å². The highest BCUT2D eigenvalue weighted by molar-refractivity contribution is 8.14. The molecule has 74 valence electrons. The van der Waals surface area contributed by atoms with Gasteiger partial charge < -0.3 is 0 Å². The maximum absolute atomic E-state index is 4.53. The van der Waals surface area contributed by atoms with Crippen molar-refractivity contribution in [2.45, 2.75) is 0 Å². The zero-order valence-electron chi connectivity index (χ0n) is 8.38. The molecule has 0 radical (unpaired) electrons. The minimum Gasteiger partial charge on any atom is -0.236 e. The number of hydrogen-bond acceptors (Lipinski definition) is 1. The molecule has 0 saturated heterocycles. The first-order chi connectivity index (χ1) is 6.77. The van der Waals surface area contributed by atoms with E-state index in [4.69, 9.17) is 0 Å². The molecule has 0 N–H and O–H groups in total. The molecule has 0 unspecified atom stereocenters. The maximum Gasteiger partial charge on any atom is 0.0933 e. The number of rotatable bonds is 2. The second kappa shape index (κ2) is 3.88. The molecule has 0 fully saturated rings. The van der Waals surface area contributed by atoms with E-state index in [0.29, 0.717) is 0 Å². The molecule has 0 spiro atoms. The lowest BCUT2D eigenvalue weighted by molar-refractivity contribution is 1.01. The largest absolute Gasteiger partial charge is 0.236 e. The lowest BCUT2D eigenvalue weighted by atomic mass is 10.2. The molecule has 1 heterocycles. The van der Waals surface area contributed by atoms with E-state index in [0.717, 1.165) is 5.69 Å². The Labute approximate surface area is 87.1 Å². The van der Waals surface area contributed by atoms with Gasteiger partial charge in [0, 0.05) is 11.8 Å². The van der Waals surface area contributed by atoms with Crippen LogP contribution < -0.4 is 0 Å². The maximum atomic E-state index is 4.53. The molecule has 14 heavy (non-hydrogen) atoms. The number of hydrogen-bond donors (Lipinski definition) is 1. The van der Waals surface area contributed by atoms with Crippen molar-refractivity contribution in [3.05, 3.63) is 42.6 Å². The molecule has 0 aliphatic rings. The first-order valence-corrected chi connectivity index (χ1v) is 6.75. The zero-order chi connectivity index (χ0) is 9.97. The van der Waals surface area contributed by atoms with E-state index in [2.05, 4.69) is 35.8 Å². The van der Waals surface area contributed by atoms with Gasteiger partial charge in [0.1, 0.15) is 0 Å². The summed E-state index contributed by atoms with van der Waals surface area (Å²) in [4.78, 5) is 0. The first-order valence-electron chi connectivity index (χ1n) is 4.56. The fourth-order valence-corrected chi connectivity index (χ4v) is 1.91. The van der Waals surface area contributed by atoms with Gasteiger partial charge in [-0.3, -0.25) is 0 Å². The summed E-state index contributed by atoms with van der Waals surface area (Å²) in [5.74, 6) is 0. The van der Waals surface area contributed by atoms with Crippen LogP contribution in [0.15, 0.2) is 42.6 Å². The second-order valence-electron chi connectivity index (χ2n) is 3.33. The summed E-state index contributed by atoms with van der Waals surface area (Å²) in [7, 11) is 0. The van der Waals surface area contributed by atoms with Gasteiger partial charge in [-0.25, -0.2) is 4.09 Å². The van der Waals surface area contributed by atoms with E-state index in [9.17, 15) is 0 Å². The van der Waals surface area contributed by atoms with Crippen LogP contribution in [0.3, 0.4) is 0 Å². The van der Waals surface area contributed by atoms with E-state index >= 15 is 0 Å². The van der Waals surface area contributed by atoms with Crippen molar-refractivity contribution in [3.63, 3.8) is 0 Å². The van der Waals surface area contributed by atoms with Crippen molar-refractivity contribution < 1.29 is 0 Å². The molecular formula is C11H14N2S. The van der Waals surface area contributed by atoms with E-state index in [-0.39, 0.29) is 11.1 Å². The SMILES string of the molecule is C[SH](C)n1ccc(-c2ccccc2)n1. The lowest BCUT2D eigenvalue weighted by Crippen LogP contribution is -1.93. The van der Waals surface area contributed by atoms with Crippen LogP contribution in [0.25, 0.3) is 11.3 Å². The van der Waals surface area contributed by atoms with E-state index in [1.807, 2.05) is 28.5 Å². The van der Waals surface area contributed by atoms with Gasteiger partial charge in [0.2, 0.25) is 0 Å². The number of benzene rings is 1. The molecule has 0 aliphatic heterocycles. The summed E-state index contributed by atoms with van der Waals surface area (Å²) in [6, 6.07) is 12.3. The fourth-order valence-electron chi connectivity index (χ4n) is 1.30. The van der Waals surface area contributed by atoms with Crippen molar-refractivity contribution in [1.29, 1.82) is 0 Å². The third kappa shape index (κ3) is 1.82. The van der Waals surface area contributed by atoms with E-state index in [1.54, 1.807) is 0 Å². The van der Waals surface area contributed by atoms with Gasteiger partial charge in [0.15, 0.2) is 0 Å². The summed E-state index contributed by atoms with van der Waals surface area (Å²) in [5.41, 5.74) is 2.24. The van der Waals surface area contributed by atoms with Crippen LogP contribution in [-0.2, 0) is 0 Å². The van der Waals surface area contributed by atoms with Gasteiger partial charge in [-0.2, -0.15) is 16.2 Å². The molecule has 1 aromatic heterocycles. The Morgan fingerprint density at radius 2 is 1.79 bits per heavy atom. The Morgan fingerprint density at radius 1 is 1.07 bits per heavy atom. The molecule has 0 aliphatic carbocycles. The van der Waals surface area contributed by atoms with E-state index in [1.165, 1.54) is 5.56 Å². The van der Waals surface area contributed by atoms with Gasteiger partial charge in [-0.1, -0.05) is 30.3 Å². The minimum atomic E-state index is -0.160. The van der Waals surface area contributed by atoms with Crippen molar-refractivity contribution in [2.75, 3.05) is 12.5 Å². The molecule has 2 rings (SSSR count). The molecule has 0 saturated carbocycles. The third-order valence-electron chi connectivity index (χ3n) is 2.06. The first kappa shape index (κ1) is 9.34. The Morgan fingerprint density at radius 3 is 2.36 bits per heavy atom. The topological polar surface area (TPSA) is 17.8 Å². The fraction of sp³-hybridized carbons (Fsp3) is 0.182. The van der Waals surface area contributed by atoms with Crippen LogP contribution in [0.4, 0.5) is 0 Å². The number of thiol groups is 1. The van der Waals surface area contributed by atoms with Crippen molar-refractivity contribution in [1.82, 2.24) is 9.19 Å². The Kier molecular flexibility index (Phi) is 2.59. The summed E-state index contributed by atoms with van der Waals surface area (Å²) < 4.78 is 2.04. The second-order valence-corrected chi connectivity index (χ2v) is 5.44. The predicted molar refractivity (Wildman–Crippen MR) is 63.9 cm³/mol. The third-order valence-corrected chi connectivity index (χ3v) is 3.10. The van der Waals surface area contributed by atoms with Gasteiger partial charge >= 0.3 is 0 Å². The molecule has 0 amide bonds. The molecule has 0 atom stereocenters. The van der Waals surface area contributed by atoms with Crippen LogP contribution in [0.5, 0.6) is 0 Å². The highest BCUT2D eigenvalue weighted by Gasteiger charge is 2.01. The number of nitrogens with zero attached hydrogens (tertiary/aromatic N) is 2. The van der Waals surface area contributed by atoms with Crippen LogP contribution in [0.2, 0.25) is 0 Å². The molecule has 2 aromatic rings. The van der Waals surface area contributed by atoms with Crippen molar-refractivity contribution in [3.8, 4) is 11.3 Å². The Hall–Kier alpha value is -1.22. The predicted octanol–water partition coefficient (Wildman–Crippen LogP) is 2.57. The highest BCUT2D eigenvalue weighted by Crippen LogP contribution is 2.21. The summed E-state index contributed by atoms with van der Waals surface area (Å²) in [6.45, 7) is 0. The number of aromatic nitrogens is 2. The van der Waals surface area contributed by atoms with Gasteiger partial charge in [-0.05, 0) is 18.6 Å². The van der Waals surface area contributed by atoms with Crippen LogP contribution >= 0.6 is 11.1 Å². The standard InChI is InChI=1S/C11H14N2S/c1-14(2)13-9-8-11(12-13)10-6-4-3-5-7-10/h3-9,14H,1-2H3. The Balaban J connectivity index is 2.34. The molecule has 3 heteroatoms. The monoisotopic (exact) mass is 206 g/mol. The zero-order valence-corrected chi connectivity index (χ0v) is 9.28. The van der Waals surface area contributed by atoms with Crippen molar-refractivity contribution >= 4 is 11.1 Å². The average molecular weight is 206 g/mol.